The Morgan fingerprint density at radius 1 is 1.05 bits per heavy atom. The number of nitrogens with one attached hydrogen (secondary N) is 1. The zero-order valence-corrected chi connectivity index (χ0v) is 24.9. The zero-order chi connectivity index (χ0) is 29.1. The van der Waals surface area contributed by atoms with E-state index in [1.165, 1.54) is 30.6 Å². The predicted octanol–water partition coefficient (Wildman–Crippen LogP) is 6.64. The molecule has 1 saturated carbocycles. The average molecular weight is 590 g/mol. The SMILES string of the molecule is O=C(NCCN1CCC(Cc2ccccc2)CC1)c1ccc2c(c1)N(CC1C=C(F)C=CC1Cl)C(=O)C[C@@H]1CCC[C@H]21. The summed E-state index contributed by atoms with van der Waals surface area (Å²) in [4.78, 5) is 31.1. The third kappa shape index (κ3) is 6.65. The van der Waals surface area contributed by atoms with E-state index in [0.29, 0.717) is 42.8 Å². The smallest absolute Gasteiger partial charge is 0.251 e. The molecular weight excluding hydrogens is 549 g/mol. The Kier molecular flexibility index (Phi) is 9.11. The summed E-state index contributed by atoms with van der Waals surface area (Å²) in [6.45, 7) is 3.81. The van der Waals surface area contributed by atoms with Crippen LogP contribution < -0.4 is 10.2 Å². The van der Waals surface area contributed by atoms with Crippen LogP contribution in [0.3, 0.4) is 0 Å². The number of carbonyl (C=O) groups is 2. The molecule has 4 aliphatic rings. The van der Waals surface area contributed by atoms with E-state index in [-0.39, 0.29) is 23.6 Å². The van der Waals surface area contributed by atoms with E-state index in [1.54, 1.807) is 11.0 Å². The Morgan fingerprint density at radius 2 is 1.86 bits per heavy atom. The minimum atomic E-state index is -0.390. The first-order valence-corrected chi connectivity index (χ1v) is 16.1. The Hall–Kier alpha value is -2.96. The van der Waals surface area contributed by atoms with Crippen molar-refractivity contribution < 1.29 is 14.0 Å². The van der Waals surface area contributed by atoms with Crippen molar-refractivity contribution in [3.63, 3.8) is 0 Å². The van der Waals surface area contributed by atoms with E-state index in [1.807, 2.05) is 18.2 Å². The number of hydrogen-bond acceptors (Lipinski definition) is 3. The van der Waals surface area contributed by atoms with Gasteiger partial charge < -0.3 is 15.1 Å². The van der Waals surface area contributed by atoms with E-state index in [9.17, 15) is 14.0 Å². The monoisotopic (exact) mass is 589 g/mol. The first-order chi connectivity index (χ1) is 20.4. The lowest BCUT2D eigenvalue weighted by Gasteiger charge is -2.32. The summed E-state index contributed by atoms with van der Waals surface area (Å²) in [5.74, 6) is 0.577. The lowest BCUT2D eigenvalue weighted by atomic mass is 9.86. The first kappa shape index (κ1) is 29.1. The van der Waals surface area contributed by atoms with Crippen LogP contribution in [0.15, 0.2) is 72.6 Å². The van der Waals surface area contributed by atoms with Gasteiger partial charge in [0.25, 0.3) is 5.91 Å². The molecule has 1 N–H and O–H groups in total. The molecular formula is C35H41ClFN3O2. The van der Waals surface area contributed by atoms with Crippen molar-refractivity contribution in [3.05, 3.63) is 89.3 Å². The molecule has 4 atom stereocenters. The molecule has 2 fully saturated rings. The Balaban J connectivity index is 1.09. The lowest BCUT2D eigenvalue weighted by Crippen LogP contribution is -2.40. The van der Waals surface area contributed by atoms with E-state index in [0.717, 1.165) is 56.6 Å². The van der Waals surface area contributed by atoms with Gasteiger partial charge in [-0.15, -0.1) is 11.6 Å². The fraction of sp³-hybridized carbons (Fsp3) is 0.486. The number of nitrogens with zero attached hydrogens (tertiary/aromatic N) is 2. The summed E-state index contributed by atoms with van der Waals surface area (Å²) in [5.41, 5.74) is 3.88. The number of fused-ring (bicyclic) bond motifs is 3. The number of hydrogen-bond donors (Lipinski definition) is 1. The molecule has 0 radical (unpaired) electrons. The number of amides is 2. The molecule has 0 spiro atoms. The molecule has 2 heterocycles. The number of likely N-dealkylation sites (tertiary alicyclic amines) is 1. The largest absolute Gasteiger partial charge is 0.351 e. The Morgan fingerprint density at radius 3 is 2.67 bits per heavy atom. The van der Waals surface area contributed by atoms with E-state index in [2.05, 4.69) is 40.5 Å². The van der Waals surface area contributed by atoms with Gasteiger partial charge in [0.15, 0.2) is 0 Å². The number of anilines is 1. The van der Waals surface area contributed by atoms with Crippen molar-refractivity contribution in [1.29, 1.82) is 0 Å². The highest BCUT2D eigenvalue weighted by Gasteiger charge is 2.39. The fourth-order valence-corrected chi connectivity index (χ4v) is 7.65. The van der Waals surface area contributed by atoms with Crippen LogP contribution in [0.25, 0.3) is 0 Å². The van der Waals surface area contributed by atoms with E-state index in [4.69, 9.17) is 11.6 Å². The third-order valence-electron chi connectivity index (χ3n) is 9.78. The van der Waals surface area contributed by atoms with Crippen LogP contribution in [0.1, 0.15) is 65.9 Å². The van der Waals surface area contributed by atoms with Gasteiger partial charge in [-0.2, -0.15) is 0 Å². The Labute approximate surface area is 253 Å². The molecule has 5 nitrogen and oxygen atoms in total. The van der Waals surface area contributed by atoms with Crippen LogP contribution in [0, 0.1) is 17.8 Å². The lowest BCUT2D eigenvalue weighted by molar-refractivity contribution is -0.119. The van der Waals surface area contributed by atoms with Gasteiger partial charge in [-0.25, -0.2) is 4.39 Å². The summed E-state index contributed by atoms with van der Waals surface area (Å²) < 4.78 is 14.1. The number of carbonyl (C=O) groups excluding carboxylic acids is 2. The van der Waals surface area contributed by atoms with Crippen molar-refractivity contribution in [2.45, 2.75) is 56.2 Å². The molecule has 2 aromatic carbocycles. The van der Waals surface area contributed by atoms with Crippen molar-refractivity contribution in [2.24, 2.45) is 17.8 Å². The van der Waals surface area contributed by atoms with Crippen molar-refractivity contribution in [2.75, 3.05) is 37.6 Å². The molecule has 0 aromatic heterocycles. The van der Waals surface area contributed by atoms with Crippen molar-refractivity contribution >= 4 is 29.1 Å². The van der Waals surface area contributed by atoms with Gasteiger partial charge in [-0.3, -0.25) is 9.59 Å². The number of allylic oxidation sites excluding steroid dienone is 3. The molecule has 2 aliphatic heterocycles. The number of alkyl halides is 1. The van der Waals surface area contributed by atoms with Gasteiger partial charge in [0.1, 0.15) is 5.83 Å². The molecule has 42 heavy (non-hydrogen) atoms. The number of benzene rings is 2. The molecule has 6 rings (SSSR count). The molecule has 2 unspecified atom stereocenters. The quantitative estimate of drug-likeness (QED) is 0.351. The van der Waals surface area contributed by atoms with E-state index < -0.39 is 5.38 Å². The molecule has 2 amide bonds. The third-order valence-corrected chi connectivity index (χ3v) is 10.3. The second-order valence-electron chi connectivity index (χ2n) is 12.5. The van der Waals surface area contributed by atoms with Crippen LogP contribution in [0.5, 0.6) is 0 Å². The summed E-state index contributed by atoms with van der Waals surface area (Å²) in [7, 11) is 0. The van der Waals surface area contributed by atoms with Gasteiger partial charge in [0.05, 0.1) is 5.38 Å². The van der Waals surface area contributed by atoms with Crippen LogP contribution in [0.4, 0.5) is 10.1 Å². The highest BCUT2D eigenvalue weighted by Crippen LogP contribution is 2.48. The maximum atomic E-state index is 14.1. The standard InChI is InChI=1S/C35H41ClFN3O2/c36-32-12-10-29(37)20-28(32)23-40-33-21-27(9-11-31(33)30-8-4-7-26(30)22-34(40)41)35(42)38-15-18-39-16-13-25(14-17-39)19-24-5-2-1-3-6-24/h1-3,5-6,9-12,20-21,25-26,28,30,32H,4,7-8,13-19,22-23H2,(H,38,42)/t26-,28?,30-,32?/m0/s1. The van der Waals surface area contributed by atoms with Crippen molar-refractivity contribution in [1.82, 2.24) is 10.2 Å². The summed E-state index contributed by atoms with van der Waals surface area (Å²) >= 11 is 6.52. The first-order valence-electron chi connectivity index (χ1n) is 15.6. The minimum absolute atomic E-state index is 0.0334. The maximum Gasteiger partial charge on any atom is 0.251 e. The normalized spacial score (nSPS) is 26.4. The molecule has 222 valence electrons. The maximum absolute atomic E-state index is 14.1. The van der Waals surface area contributed by atoms with Crippen LogP contribution >= 0.6 is 11.6 Å². The van der Waals surface area contributed by atoms with Gasteiger partial charge in [0.2, 0.25) is 5.91 Å². The van der Waals surface area contributed by atoms with Gasteiger partial charge in [-0.1, -0.05) is 48.9 Å². The molecule has 2 aliphatic carbocycles. The minimum Gasteiger partial charge on any atom is -0.351 e. The number of rotatable bonds is 8. The van der Waals surface area contributed by atoms with Gasteiger partial charge in [0, 0.05) is 43.2 Å². The summed E-state index contributed by atoms with van der Waals surface area (Å²) in [6.07, 6.45) is 11.7. The second kappa shape index (κ2) is 13.1. The van der Waals surface area contributed by atoms with Crippen LogP contribution in [-0.4, -0.2) is 54.8 Å². The molecule has 1 saturated heterocycles. The average Bonchev–Trinajstić information content (AvgIpc) is 3.42. The fourth-order valence-electron chi connectivity index (χ4n) is 7.43. The molecule has 0 bridgehead atoms. The Bertz CT molecular complexity index is 1340. The molecule has 2 aromatic rings. The summed E-state index contributed by atoms with van der Waals surface area (Å²) in [6, 6.07) is 16.5. The van der Waals surface area contributed by atoms with Gasteiger partial charge in [-0.05, 0) is 98.4 Å². The topological polar surface area (TPSA) is 52.7 Å². The highest BCUT2D eigenvalue weighted by atomic mass is 35.5. The predicted molar refractivity (Wildman–Crippen MR) is 167 cm³/mol. The summed E-state index contributed by atoms with van der Waals surface area (Å²) in [5, 5.41) is 2.72. The number of halogens is 2. The second-order valence-corrected chi connectivity index (χ2v) is 13.0. The van der Waals surface area contributed by atoms with Crippen LogP contribution in [-0.2, 0) is 11.2 Å². The van der Waals surface area contributed by atoms with Gasteiger partial charge >= 0.3 is 0 Å². The highest BCUT2D eigenvalue weighted by molar-refractivity contribution is 6.22. The number of piperidine rings is 1. The van der Waals surface area contributed by atoms with Crippen LogP contribution in [0.2, 0.25) is 0 Å². The van der Waals surface area contributed by atoms with Crippen molar-refractivity contribution in [3.8, 4) is 0 Å². The zero-order valence-electron chi connectivity index (χ0n) is 24.2. The van der Waals surface area contributed by atoms with E-state index >= 15 is 0 Å². The molecule has 7 heteroatoms.